The van der Waals surface area contributed by atoms with Crippen molar-refractivity contribution in [1.82, 2.24) is 20.0 Å². The smallest absolute Gasteiger partial charge is 0.319 e. The monoisotopic (exact) mass is 341 g/mol. The number of carbonyl (C=O) groups is 3. The van der Waals surface area contributed by atoms with Gasteiger partial charge in [-0.2, -0.15) is 5.10 Å². The van der Waals surface area contributed by atoms with Crippen LogP contribution < -0.4 is 10.2 Å². The second kappa shape index (κ2) is 6.04. The fourth-order valence-electron chi connectivity index (χ4n) is 2.75. The molecule has 0 saturated carbocycles. The average molecular weight is 341 g/mol. The number of aryl methyl sites for hydroxylation is 1. The molecule has 1 atom stereocenters. The van der Waals surface area contributed by atoms with Crippen molar-refractivity contribution in [3.63, 3.8) is 0 Å². The van der Waals surface area contributed by atoms with Crippen LogP contribution in [0.2, 0.25) is 0 Å². The third-order valence-electron chi connectivity index (χ3n) is 4.37. The van der Waals surface area contributed by atoms with Crippen LogP contribution in [-0.2, 0) is 22.2 Å². The van der Waals surface area contributed by atoms with E-state index in [2.05, 4.69) is 10.4 Å². The van der Waals surface area contributed by atoms with E-state index >= 15 is 0 Å². The average Bonchev–Trinajstić information content (AvgIpc) is 3.13. The fraction of sp³-hybridized carbons (Fsp3) is 0.294. The Kier molecular flexibility index (Phi) is 4.03. The quantitative estimate of drug-likeness (QED) is 0.835. The van der Waals surface area contributed by atoms with E-state index in [9.17, 15) is 14.4 Å². The highest BCUT2D eigenvalue weighted by Gasteiger charge is 2.50. The van der Waals surface area contributed by atoms with Crippen molar-refractivity contribution >= 4 is 23.5 Å². The molecule has 0 aliphatic carbocycles. The van der Waals surface area contributed by atoms with Crippen molar-refractivity contribution in [2.75, 3.05) is 18.5 Å². The number of para-hydroxylation sites is 1. The van der Waals surface area contributed by atoms with Gasteiger partial charge in [0.1, 0.15) is 12.1 Å². The zero-order chi connectivity index (χ0) is 18.2. The second-order valence-corrected chi connectivity index (χ2v) is 6.14. The van der Waals surface area contributed by atoms with Gasteiger partial charge in [-0.3, -0.25) is 19.2 Å². The number of anilines is 1. The SMILES string of the molecule is CN(C(=O)CN1C(=O)NC(C)(c2cnn(C)c2)C1=O)c1ccccc1. The number of imide groups is 1. The van der Waals surface area contributed by atoms with Crippen molar-refractivity contribution in [3.05, 3.63) is 48.3 Å². The van der Waals surface area contributed by atoms with E-state index in [1.807, 2.05) is 18.2 Å². The number of likely N-dealkylation sites (N-methyl/N-ethyl adjacent to an activating group) is 1. The Morgan fingerprint density at radius 1 is 1.28 bits per heavy atom. The maximum Gasteiger partial charge on any atom is 0.325 e. The minimum Gasteiger partial charge on any atom is -0.319 e. The summed E-state index contributed by atoms with van der Waals surface area (Å²) in [5, 5.41) is 6.70. The van der Waals surface area contributed by atoms with E-state index in [0.717, 1.165) is 4.90 Å². The van der Waals surface area contributed by atoms with E-state index in [4.69, 9.17) is 0 Å². The van der Waals surface area contributed by atoms with Crippen LogP contribution >= 0.6 is 0 Å². The van der Waals surface area contributed by atoms with E-state index in [1.54, 1.807) is 44.0 Å². The Balaban J connectivity index is 1.78. The molecule has 1 N–H and O–H groups in total. The minimum absolute atomic E-state index is 0.327. The topological polar surface area (TPSA) is 87.5 Å². The van der Waals surface area contributed by atoms with Crippen molar-refractivity contribution in [2.45, 2.75) is 12.5 Å². The van der Waals surface area contributed by atoms with Gasteiger partial charge in [-0.15, -0.1) is 0 Å². The molecule has 3 rings (SSSR count). The Morgan fingerprint density at radius 2 is 1.96 bits per heavy atom. The molecular weight excluding hydrogens is 322 g/mol. The number of rotatable bonds is 4. The van der Waals surface area contributed by atoms with Gasteiger partial charge in [0.15, 0.2) is 0 Å². The molecule has 2 aromatic rings. The number of nitrogens with one attached hydrogen (secondary N) is 1. The Hall–Kier alpha value is -3.16. The first-order valence-electron chi connectivity index (χ1n) is 7.78. The molecule has 1 aliphatic heterocycles. The third-order valence-corrected chi connectivity index (χ3v) is 4.37. The summed E-state index contributed by atoms with van der Waals surface area (Å²) in [6.45, 7) is 1.28. The molecular formula is C17H19N5O3. The number of amides is 4. The highest BCUT2D eigenvalue weighted by atomic mass is 16.2. The number of hydrogen-bond acceptors (Lipinski definition) is 4. The van der Waals surface area contributed by atoms with Crippen molar-refractivity contribution in [3.8, 4) is 0 Å². The Morgan fingerprint density at radius 3 is 2.56 bits per heavy atom. The number of urea groups is 1. The van der Waals surface area contributed by atoms with Crippen LogP contribution in [0.15, 0.2) is 42.7 Å². The van der Waals surface area contributed by atoms with Gasteiger partial charge in [-0.1, -0.05) is 18.2 Å². The number of hydrogen-bond donors (Lipinski definition) is 1. The first-order valence-corrected chi connectivity index (χ1v) is 7.78. The van der Waals surface area contributed by atoms with Gasteiger partial charge in [0.2, 0.25) is 5.91 Å². The second-order valence-electron chi connectivity index (χ2n) is 6.14. The highest BCUT2D eigenvalue weighted by Crippen LogP contribution is 2.28. The molecule has 1 aliphatic rings. The van der Waals surface area contributed by atoms with Gasteiger partial charge < -0.3 is 10.2 Å². The molecule has 4 amide bonds. The molecule has 130 valence electrons. The summed E-state index contributed by atoms with van der Waals surface area (Å²) in [6, 6.07) is 8.44. The summed E-state index contributed by atoms with van der Waals surface area (Å²) in [6.07, 6.45) is 3.19. The lowest BCUT2D eigenvalue weighted by atomic mass is 9.95. The van der Waals surface area contributed by atoms with Crippen molar-refractivity contribution < 1.29 is 14.4 Å². The molecule has 25 heavy (non-hydrogen) atoms. The van der Waals surface area contributed by atoms with E-state index in [1.165, 1.54) is 11.1 Å². The lowest BCUT2D eigenvalue weighted by Gasteiger charge is -2.22. The van der Waals surface area contributed by atoms with Gasteiger partial charge in [-0.05, 0) is 19.1 Å². The number of benzene rings is 1. The van der Waals surface area contributed by atoms with Crippen LogP contribution in [-0.4, -0.2) is 46.1 Å². The largest absolute Gasteiger partial charge is 0.325 e. The molecule has 0 bridgehead atoms. The van der Waals surface area contributed by atoms with Gasteiger partial charge in [-0.25, -0.2) is 4.79 Å². The van der Waals surface area contributed by atoms with Gasteiger partial charge in [0.05, 0.1) is 6.20 Å². The summed E-state index contributed by atoms with van der Waals surface area (Å²) in [7, 11) is 3.33. The van der Waals surface area contributed by atoms with Crippen LogP contribution in [0.25, 0.3) is 0 Å². The Bertz CT molecular complexity index is 832. The zero-order valence-electron chi connectivity index (χ0n) is 14.3. The molecule has 1 aromatic carbocycles. The summed E-state index contributed by atoms with van der Waals surface area (Å²) in [5.41, 5.74) is 0.0333. The summed E-state index contributed by atoms with van der Waals surface area (Å²) in [4.78, 5) is 39.9. The van der Waals surface area contributed by atoms with Gasteiger partial charge >= 0.3 is 6.03 Å². The van der Waals surface area contributed by atoms with Crippen molar-refractivity contribution in [2.24, 2.45) is 7.05 Å². The highest BCUT2D eigenvalue weighted by molar-refractivity contribution is 6.10. The predicted octanol–water partition coefficient (Wildman–Crippen LogP) is 0.850. The number of aromatic nitrogens is 2. The zero-order valence-corrected chi connectivity index (χ0v) is 14.3. The molecule has 8 nitrogen and oxygen atoms in total. The molecule has 8 heteroatoms. The van der Waals surface area contributed by atoms with Crippen molar-refractivity contribution in [1.29, 1.82) is 0 Å². The standard InChI is InChI=1S/C17H19N5O3/c1-17(12-9-18-20(2)10-12)15(24)22(16(25)19-17)11-14(23)21(3)13-7-5-4-6-8-13/h4-10H,11H2,1-3H3,(H,19,25). The number of carbonyl (C=O) groups excluding carboxylic acids is 3. The van der Waals surface area contributed by atoms with Crippen LogP contribution in [0.3, 0.4) is 0 Å². The van der Waals surface area contributed by atoms with Crippen LogP contribution in [0.5, 0.6) is 0 Å². The number of nitrogens with zero attached hydrogens (tertiary/aromatic N) is 4. The fourth-order valence-corrected chi connectivity index (χ4v) is 2.75. The minimum atomic E-state index is -1.23. The predicted molar refractivity (Wildman–Crippen MR) is 90.7 cm³/mol. The van der Waals surface area contributed by atoms with Crippen LogP contribution in [0.4, 0.5) is 10.5 Å². The summed E-state index contributed by atoms with van der Waals surface area (Å²) in [5.74, 6) is -0.828. The van der Waals surface area contributed by atoms with Crippen LogP contribution in [0, 0.1) is 0 Å². The maximum absolute atomic E-state index is 12.8. The summed E-state index contributed by atoms with van der Waals surface area (Å²) >= 11 is 0. The molecule has 1 unspecified atom stereocenters. The molecule has 2 heterocycles. The Labute approximate surface area is 145 Å². The van der Waals surface area contributed by atoms with Gasteiger partial charge in [0.25, 0.3) is 5.91 Å². The third kappa shape index (κ3) is 2.86. The van der Waals surface area contributed by atoms with Crippen LogP contribution in [0.1, 0.15) is 12.5 Å². The lowest BCUT2D eigenvalue weighted by Crippen LogP contribution is -2.43. The maximum atomic E-state index is 12.8. The molecule has 1 saturated heterocycles. The first kappa shape index (κ1) is 16.7. The normalized spacial score (nSPS) is 19.9. The lowest BCUT2D eigenvalue weighted by molar-refractivity contribution is -0.134. The summed E-state index contributed by atoms with van der Waals surface area (Å²) < 4.78 is 1.55. The molecule has 0 spiro atoms. The van der Waals surface area contributed by atoms with Gasteiger partial charge in [0, 0.05) is 31.5 Å². The first-order chi connectivity index (χ1) is 11.8. The van der Waals surface area contributed by atoms with E-state index in [-0.39, 0.29) is 12.5 Å². The van der Waals surface area contributed by atoms with E-state index < -0.39 is 17.5 Å². The van der Waals surface area contributed by atoms with E-state index in [0.29, 0.717) is 11.3 Å². The molecule has 1 aromatic heterocycles. The molecule has 1 fully saturated rings. The molecule has 0 radical (unpaired) electrons.